The van der Waals surface area contributed by atoms with Crippen LogP contribution in [0.5, 0.6) is 0 Å². The third-order valence-corrected chi connectivity index (χ3v) is 9.20. The van der Waals surface area contributed by atoms with E-state index in [4.69, 9.17) is 47.4 Å². The minimum absolute atomic E-state index is 0.198. The van der Waals surface area contributed by atoms with Crippen LogP contribution in [0.2, 0.25) is 0 Å². The highest BCUT2D eigenvalue weighted by atomic mass is 16.9. The fourth-order valence-electron chi connectivity index (χ4n) is 6.79. The minimum Gasteiger partial charge on any atom is -0.452 e. The van der Waals surface area contributed by atoms with E-state index in [1.165, 1.54) is 0 Å². The summed E-state index contributed by atoms with van der Waals surface area (Å²) < 4.78 is 62.1. The molecule has 0 aromatic heterocycles. The summed E-state index contributed by atoms with van der Waals surface area (Å²) in [6.45, 7) is 8.95. The Hall–Kier alpha value is -4.21. The van der Waals surface area contributed by atoms with E-state index >= 15 is 0 Å². The molecule has 276 valence electrons. The van der Waals surface area contributed by atoms with Gasteiger partial charge in [-0.1, -0.05) is 54.6 Å². The zero-order valence-electron chi connectivity index (χ0n) is 29.4. The lowest BCUT2D eigenvalue weighted by molar-refractivity contribution is -0.317. The molecule has 4 aliphatic heterocycles. The quantitative estimate of drug-likeness (QED) is 0.221. The Kier molecular flexibility index (Phi) is 10.2. The summed E-state index contributed by atoms with van der Waals surface area (Å²) in [5.41, 5.74) is 0.715. The van der Waals surface area contributed by atoms with Crippen LogP contribution in [0.15, 0.2) is 91.0 Å². The molecule has 4 fully saturated rings. The van der Waals surface area contributed by atoms with E-state index < -0.39 is 90.9 Å². The van der Waals surface area contributed by atoms with Gasteiger partial charge in [-0.05, 0) is 71.0 Å². The van der Waals surface area contributed by atoms with Crippen molar-refractivity contribution < 1.29 is 61.8 Å². The fourth-order valence-corrected chi connectivity index (χ4v) is 6.79. The van der Waals surface area contributed by atoms with E-state index in [0.717, 1.165) is 0 Å². The lowest BCUT2D eigenvalue weighted by Gasteiger charge is -2.45. The molecule has 0 unspecified atom stereocenters. The number of fused-ring (bicyclic) bond motifs is 1. The van der Waals surface area contributed by atoms with Crippen LogP contribution in [-0.4, -0.2) is 97.5 Å². The topological polar surface area (TPSA) is 144 Å². The SMILES string of the molecule is C[C@@H]1O[C@@H](O[C@@H]2[C@H]3OC(C)(C)O[C@H]3O[C@@H]2[C@H]2COC(C)(C)O2)[C@H](OC(=O)c2ccccc2)[C@H](OC(=O)c2ccccc2)[C@H]1OC(=O)c1ccccc1. The lowest BCUT2D eigenvalue weighted by Crippen LogP contribution is -2.62. The number of rotatable bonds is 9. The number of hydrogen-bond donors (Lipinski definition) is 0. The van der Waals surface area contributed by atoms with Gasteiger partial charge in [0.25, 0.3) is 0 Å². The molecular weight excluding hydrogens is 676 g/mol. The Balaban J connectivity index is 1.25. The van der Waals surface area contributed by atoms with Gasteiger partial charge in [-0.2, -0.15) is 0 Å². The summed E-state index contributed by atoms with van der Waals surface area (Å²) in [4.78, 5) is 40.9. The van der Waals surface area contributed by atoms with E-state index in [0.29, 0.717) is 0 Å². The molecule has 0 aliphatic carbocycles. The second-order valence-electron chi connectivity index (χ2n) is 14.0. The third-order valence-electron chi connectivity index (χ3n) is 9.20. The average Bonchev–Trinajstić information content (AvgIpc) is 3.76. The molecule has 0 spiro atoms. The van der Waals surface area contributed by atoms with Crippen LogP contribution in [0.1, 0.15) is 65.7 Å². The molecule has 3 aromatic carbocycles. The Bertz CT molecular complexity index is 1720. The molecule has 4 saturated heterocycles. The molecule has 52 heavy (non-hydrogen) atoms. The van der Waals surface area contributed by atoms with Crippen molar-refractivity contribution in [3.63, 3.8) is 0 Å². The molecule has 3 aromatic rings. The summed E-state index contributed by atoms with van der Waals surface area (Å²) in [6, 6.07) is 25.0. The molecule has 13 nitrogen and oxygen atoms in total. The van der Waals surface area contributed by atoms with Gasteiger partial charge in [0.15, 0.2) is 42.5 Å². The van der Waals surface area contributed by atoms with Crippen LogP contribution in [0, 0.1) is 0 Å². The molecule has 4 aliphatic rings. The van der Waals surface area contributed by atoms with Crippen LogP contribution >= 0.6 is 0 Å². The van der Waals surface area contributed by atoms with Crippen molar-refractivity contribution in [2.24, 2.45) is 0 Å². The highest BCUT2D eigenvalue weighted by Gasteiger charge is 2.61. The maximum atomic E-state index is 13.8. The molecule has 0 N–H and O–H groups in total. The Morgan fingerprint density at radius 3 is 1.58 bits per heavy atom. The van der Waals surface area contributed by atoms with Gasteiger partial charge >= 0.3 is 17.9 Å². The summed E-state index contributed by atoms with van der Waals surface area (Å²) in [7, 11) is 0. The van der Waals surface area contributed by atoms with Crippen molar-refractivity contribution >= 4 is 17.9 Å². The maximum absolute atomic E-state index is 13.8. The Morgan fingerprint density at radius 2 is 1.08 bits per heavy atom. The molecule has 4 heterocycles. The van der Waals surface area contributed by atoms with Crippen molar-refractivity contribution in [3.05, 3.63) is 108 Å². The standard InChI is InChI=1S/C39H42O13/c1-22-27(45-33(40)23-15-9-6-10-16-23)29(46-34(41)24-17-11-7-12-18-24)31(47-35(42)25-19-13-8-14-20-25)36(44-22)49-30-28(26-21-43-38(2,3)50-26)48-37-32(30)51-39(4,5)52-37/h6-20,22,26-32,36-37H,21H2,1-5H3/t22-,26+,27-,28+,29+,30-,31+,32+,36-,37+/m0/s1. The first-order chi connectivity index (χ1) is 24.9. The van der Waals surface area contributed by atoms with Gasteiger partial charge in [0.05, 0.1) is 29.4 Å². The Labute approximate surface area is 301 Å². The predicted octanol–water partition coefficient (Wildman–Crippen LogP) is 4.82. The molecule has 7 rings (SSSR count). The zero-order chi connectivity index (χ0) is 36.6. The number of benzene rings is 3. The fraction of sp³-hybridized carbons (Fsp3) is 0.462. The molecule has 10 atom stereocenters. The molecule has 0 saturated carbocycles. The van der Waals surface area contributed by atoms with Crippen LogP contribution in [-0.2, 0) is 47.4 Å². The minimum atomic E-state index is -1.46. The van der Waals surface area contributed by atoms with Crippen molar-refractivity contribution in [1.82, 2.24) is 0 Å². The largest absolute Gasteiger partial charge is 0.452 e. The number of esters is 3. The van der Waals surface area contributed by atoms with Gasteiger partial charge in [0.1, 0.15) is 24.4 Å². The van der Waals surface area contributed by atoms with Crippen LogP contribution < -0.4 is 0 Å². The van der Waals surface area contributed by atoms with E-state index in [-0.39, 0.29) is 23.3 Å². The number of carbonyl (C=O) groups is 3. The van der Waals surface area contributed by atoms with E-state index in [9.17, 15) is 14.4 Å². The van der Waals surface area contributed by atoms with Gasteiger partial charge < -0.3 is 47.4 Å². The summed E-state index contributed by atoms with van der Waals surface area (Å²) in [5.74, 6) is -4.07. The smallest absolute Gasteiger partial charge is 0.338 e. The molecule has 13 heteroatoms. The number of ether oxygens (including phenoxy) is 10. The highest BCUT2D eigenvalue weighted by molar-refractivity contribution is 5.91. The van der Waals surface area contributed by atoms with E-state index in [2.05, 4.69) is 0 Å². The first-order valence-corrected chi connectivity index (χ1v) is 17.3. The number of hydrogen-bond acceptors (Lipinski definition) is 13. The van der Waals surface area contributed by atoms with Crippen LogP contribution in [0.25, 0.3) is 0 Å². The second-order valence-corrected chi connectivity index (χ2v) is 14.0. The molecular formula is C39H42O13. The average molecular weight is 719 g/mol. The van der Waals surface area contributed by atoms with Crippen molar-refractivity contribution in [1.29, 1.82) is 0 Å². The van der Waals surface area contributed by atoms with E-state index in [1.807, 2.05) is 0 Å². The van der Waals surface area contributed by atoms with Gasteiger partial charge in [-0.25, -0.2) is 14.4 Å². The first-order valence-electron chi connectivity index (χ1n) is 17.3. The van der Waals surface area contributed by atoms with Crippen molar-refractivity contribution in [2.75, 3.05) is 6.61 Å². The molecule has 0 bridgehead atoms. The predicted molar refractivity (Wildman–Crippen MR) is 180 cm³/mol. The van der Waals surface area contributed by atoms with Gasteiger partial charge in [0, 0.05) is 0 Å². The number of carbonyl (C=O) groups excluding carboxylic acids is 3. The van der Waals surface area contributed by atoms with Crippen LogP contribution in [0.3, 0.4) is 0 Å². The van der Waals surface area contributed by atoms with Crippen LogP contribution in [0.4, 0.5) is 0 Å². The third kappa shape index (κ3) is 7.76. The van der Waals surface area contributed by atoms with Gasteiger partial charge in [-0.3, -0.25) is 0 Å². The molecule has 0 radical (unpaired) electrons. The summed E-state index contributed by atoms with van der Waals surface area (Å²) in [5, 5.41) is 0. The second kappa shape index (κ2) is 14.7. The van der Waals surface area contributed by atoms with Gasteiger partial charge in [0.2, 0.25) is 0 Å². The molecule has 0 amide bonds. The van der Waals surface area contributed by atoms with Crippen molar-refractivity contribution in [3.8, 4) is 0 Å². The first kappa shape index (κ1) is 36.2. The van der Waals surface area contributed by atoms with Crippen molar-refractivity contribution in [2.45, 2.75) is 108 Å². The Morgan fingerprint density at radius 1 is 0.577 bits per heavy atom. The van der Waals surface area contributed by atoms with E-state index in [1.54, 1.807) is 126 Å². The summed E-state index contributed by atoms with van der Waals surface area (Å²) in [6.07, 6.45) is -10.3. The van der Waals surface area contributed by atoms with Gasteiger partial charge in [-0.15, -0.1) is 0 Å². The maximum Gasteiger partial charge on any atom is 0.338 e. The summed E-state index contributed by atoms with van der Waals surface area (Å²) >= 11 is 0. The lowest BCUT2D eigenvalue weighted by atomic mass is 9.97. The highest BCUT2D eigenvalue weighted by Crippen LogP contribution is 2.43. The zero-order valence-corrected chi connectivity index (χ0v) is 29.4. The monoisotopic (exact) mass is 718 g/mol. The normalized spacial score (nSPS) is 33.2.